The standard InChI is InChI=1S/C23H26N2O4S/c1-5-29-18-10-11-19-20(13-18)30-23(25(19)14-22(27)28-4)24-21(26)12-16-6-8-17(9-7-16)15(2)3/h6-11,13,15H,5,12,14H2,1-4H3. The van der Waals surface area contributed by atoms with Gasteiger partial charge in [-0.15, -0.1) is 0 Å². The summed E-state index contributed by atoms with van der Waals surface area (Å²) in [6, 6.07) is 13.6. The number of esters is 1. The molecular weight excluding hydrogens is 400 g/mol. The normalized spacial score (nSPS) is 11.8. The van der Waals surface area contributed by atoms with Crippen LogP contribution >= 0.6 is 11.3 Å². The van der Waals surface area contributed by atoms with E-state index in [2.05, 4.69) is 18.8 Å². The maximum absolute atomic E-state index is 12.6. The van der Waals surface area contributed by atoms with Crippen LogP contribution < -0.4 is 9.54 Å². The lowest BCUT2D eigenvalue weighted by Crippen LogP contribution is -2.22. The van der Waals surface area contributed by atoms with Crippen molar-refractivity contribution in [3.63, 3.8) is 0 Å². The molecule has 6 nitrogen and oxygen atoms in total. The van der Waals surface area contributed by atoms with Crippen LogP contribution in [0.5, 0.6) is 5.75 Å². The van der Waals surface area contributed by atoms with Crippen LogP contribution in [0.1, 0.15) is 37.8 Å². The molecule has 1 heterocycles. The number of hydrogen-bond donors (Lipinski definition) is 0. The van der Waals surface area contributed by atoms with E-state index in [0.29, 0.717) is 17.3 Å². The largest absolute Gasteiger partial charge is 0.494 e. The van der Waals surface area contributed by atoms with E-state index in [0.717, 1.165) is 21.5 Å². The lowest BCUT2D eigenvalue weighted by molar-refractivity contribution is -0.141. The molecular formula is C23H26N2O4S. The molecule has 0 fully saturated rings. The molecule has 0 aliphatic carbocycles. The van der Waals surface area contributed by atoms with Gasteiger partial charge in [-0.05, 0) is 42.2 Å². The fraction of sp³-hybridized carbons (Fsp3) is 0.348. The van der Waals surface area contributed by atoms with E-state index in [4.69, 9.17) is 9.47 Å². The summed E-state index contributed by atoms with van der Waals surface area (Å²) in [6.45, 7) is 6.73. The van der Waals surface area contributed by atoms with Crippen molar-refractivity contribution < 1.29 is 19.1 Å². The number of benzene rings is 2. The second-order valence-electron chi connectivity index (χ2n) is 7.19. The Kier molecular flexibility index (Phi) is 7.05. The van der Waals surface area contributed by atoms with Crippen molar-refractivity contribution in [1.29, 1.82) is 0 Å². The van der Waals surface area contributed by atoms with Crippen molar-refractivity contribution in [3.05, 3.63) is 58.4 Å². The molecule has 0 aliphatic heterocycles. The topological polar surface area (TPSA) is 69.9 Å². The summed E-state index contributed by atoms with van der Waals surface area (Å²) >= 11 is 1.35. The monoisotopic (exact) mass is 426 g/mol. The summed E-state index contributed by atoms with van der Waals surface area (Å²) in [5, 5.41) is 0. The van der Waals surface area contributed by atoms with Crippen molar-refractivity contribution in [2.45, 2.75) is 39.7 Å². The fourth-order valence-electron chi connectivity index (χ4n) is 3.08. The van der Waals surface area contributed by atoms with Gasteiger partial charge in [-0.1, -0.05) is 49.4 Å². The summed E-state index contributed by atoms with van der Waals surface area (Å²) in [4.78, 5) is 29.3. The molecule has 0 saturated carbocycles. The van der Waals surface area contributed by atoms with Crippen molar-refractivity contribution in [1.82, 2.24) is 4.57 Å². The molecule has 0 radical (unpaired) electrons. The van der Waals surface area contributed by atoms with Crippen molar-refractivity contribution >= 4 is 33.4 Å². The predicted molar refractivity (Wildman–Crippen MR) is 118 cm³/mol. The first-order chi connectivity index (χ1) is 14.4. The first kappa shape index (κ1) is 21.8. The van der Waals surface area contributed by atoms with Crippen molar-refractivity contribution in [2.24, 2.45) is 4.99 Å². The van der Waals surface area contributed by atoms with Gasteiger partial charge in [-0.3, -0.25) is 9.59 Å². The zero-order valence-electron chi connectivity index (χ0n) is 17.7. The molecule has 0 N–H and O–H groups in total. The third-order valence-corrected chi connectivity index (χ3v) is 5.74. The molecule has 0 unspecified atom stereocenters. The number of thiazole rings is 1. The molecule has 158 valence electrons. The molecule has 3 rings (SSSR count). The highest BCUT2D eigenvalue weighted by Gasteiger charge is 2.13. The van der Waals surface area contributed by atoms with Crippen LogP contribution in [0.4, 0.5) is 0 Å². The number of carbonyl (C=O) groups is 2. The lowest BCUT2D eigenvalue weighted by atomic mass is 10.0. The van der Waals surface area contributed by atoms with E-state index in [1.807, 2.05) is 49.4 Å². The smallest absolute Gasteiger partial charge is 0.325 e. The SMILES string of the molecule is CCOc1ccc2c(c1)sc(=NC(=O)Cc1ccc(C(C)C)cc1)n2CC(=O)OC. The maximum atomic E-state index is 12.6. The first-order valence-corrected chi connectivity index (χ1v) is 10.7. The maximum Gasteiger partial charge on any atom is 0.325 e. The Morgan fingerprint density at radius 1 is 1.13 bits per heavy atom. The van der Waals surface area contributed by atoms with E-state index >= 15 is 0 Å². The Morgan fingerprint density at radius 2 is 1.87 bits per heavy atom. The van der Waals surface area contributed by atoms with E-state index in [1.165, 1.54) is 24.0 Å². The van der Waals surface area contributed by atoms with Crippen LogP contribution in [0.15, 0.2) is 47.5 Å². The average molecular weight is 427 g/mol. The number of amides is 1. The molecule has 0 aliphatic rings. The summed E-state index contributed by atoms with van der Waals surface area (Å²) in [5.41, 5.74) is 2.95. The van der Waals surface area contributed by atoms with E-state index in [1.54, 1.807) is 4.57 Å². The van der Waals surface area contributed by atoms with Crippen LogP contribution in [0.3, 0.4) is 0 Å². The van der Waals surface area contributed by atoms with Crippen LogP contribution in [-0.4, -0.2) is 30.2 Å². The Bertz CT molecular complexity index is 1110. The van der Waals surface area contributed by atoms with E-state index < -0.39 is 5.97 Å². The minimum absolute atomic E-state index is 0.0142. The third-order valence-electron chi connectivity index (χ3n) is 4.70. The number of methoxy groups -OCH3 is 1. The number of aromatic nitrogens is 1. The number of nitrogens with zero attached hydrogens (tertiary/aromatic N) is 2. The highest BCUT2D eigenvalue weighted by molar-refractivity contribution is 7.16. The first-order valence-electron chi connectivity index (χ1n) is 9.90. The molecule has 7 heteroatoms. The van der Waals surface area contributed by atoms with Crippen molar-refractivity contribution in [2.75, 3.05) is 13.7 Å². The van der Waals surface area contributed by atoms with Gasteiger partial charge in [0.05, 0.1) is 30.4 Å². The van der Waals surface area contributed by atoms with Gasteiger partial charge in [0, 0.05) is 0 Å². The fourth-order valence-corrected chi connectivity index (χ4v) is 4.16. The van der Waals surface area contributed by atoms with Crippen LogP contribution in [0, 0.1) is 0 Å². The van der Waals surface area contributed by atoms with Crippen LogP contribution in [-0.2, 0) is 27.3 Å². The number of hydrogen-bond acceptors (Lipinski definition) is 5. The van der Waals surface area contributed by atoms with E-state index in [9.17, 15) is 9.59 Å². The molecule has 0 bridgehead atoms. The summed E-state index contributed by atoms with van der Waals surface area (Å²) in [5.74, 6) is 0.515. The van der Waals surface area contributed by atoms with Gasteiger partial charge in [0.25, 0.3) is 5.91 Å². The van der Waals surface area contributed by atoms with Gasteiger partial charge in [0.15, 0.2) is 4.80 Å². The molecule has 1 aromatic heterocycles. The third kappa shape index (κ3) is 5.16. The molecule has 1 amide bonds. The molecule has 2 aromatic carbocycles. The van der Waals surface area contributed by atoms with Crippen LogP contribution in [0.25, 0.3) is 10.2 Å². The molecule has 0 atom stereocenters. The van der Waals surface area contributed by atoms with Gasteiger partial charge in [0.2, 0.25) is 0 Å². The molecule has 3 aromatic rings. The van der Waals surface area contributed by atoms with Gasteiger partial charge >= 0.3 is 5.97 Å². The van der Waals surface area contributed by atoms with Crippen molar-refractivity contribution in [3.8, 4) is 5.75 Å². The Balaban J connectivity index is 1.95. The average Bonchev–Trinajstić information content (AvgIpc) is 3.04. The van der Waals surface area contributed by atoms with Gasteiger partial charge in [-0.25, -0.2) is 0 Å². The second kappa shape index (κ2) is 9.71. The van der Waals surface area contributed by atoms with E-state index in [-0.39, 0.29) is 18.9 Å². The minimum atomic E-state index is -0.401. The molecule has 0 saturated heterocycles. The Hall–Kier alpha value is -2.93. The lowest BCUT2D eigenvalue weighted by Gasteiger charge is -2.06. The number of fused-ring (bicyclic) bond motifs is 1. The highest BCUT2D eigenvalue weighted by atomic mass is 32.1. The summed E-state index contributed by atoms with van der Waals surface area (Å²) < 4.78 is 13.0. The van der Waals surface area contributed by atoms with Gasteiger partial charge in [0.1, 0.15) is 12.3 Å². The highest BCUT2D eigenvalue weighted by Crippen LogP contribution is 2.23. The van der Waals surface area contributed by atoms with Gasteiger partial charge < -0.3 is 14.0 Å². The Morgan fingerprint density at radius 3 is 2.50 bits per heavy atom. The van der Waals surface area contributed by atoms with Crippen LogP contribution in [0.2, 0.25) is 0 Å². The molecule has 0 spiro atoms. The zero-order valence-corrected chi connectivity index (χ0v) is 18.5. The molecule has 30 heavy (non-hydrogen) atoms. The Labute approximate surface area is 179 Å². The predicted octanol–water partition coefficient (Wildman–Crippen LogP) is 4.07. The minimum Gasteiger partial charge on any atom is -0.494 e. The summed E-state index contributed by atoms with van der Waals surface area (Å²) in [7, 11) is 1.34. The summed E-state index contributed by atoms with van der Waals surface area (Å²) in [6.07, 6.45) is 0.203. The quantitative estimate of drug-likeness (QED) is 0.534. The zero-order chi connectivity index (χ0) is 21.7. The van der Waals surface area contributed by atoms with Gasteiger partial charge in [-0.2, -0.15) is 4.99 Å². The number of ether oxygens (including phenoxy) is 2. The number of rotatable bonds is 7. The number of carbonyl (C=O) groups excluding carboxylic acids is 2. The second-order valence-corrected chi connectivity index (χ2v) is 8.20.